The summed E-state index contributed by atoms with van der Waals surface area (Å²) in [4.78, 5) is 38.2. The predicted molar refractivity (Wildman–Crippen MR) is 116 cm³/mol. The molecule has 1 aliphatic carbocycles. The summed E-state index contributed by atoms with van der Waals surface area (Å²) < 4.78 is 11.8. The Balaban J connectivity index is 1.80. The van der Waals surface area contributed by atoms with Crippen LogP contribution in [-0.2, 0) is 22.6 Å². The van der Waals surface area contributed by atoms with Crippen LogP contribution in [0.4, 0.5) is 0 Å². The van der Waals surface area contributed by atoms with E-state index in [0.717, 1.165) is 37.7 Å². The molecule has 1 aromatic heterocycles. The van der Waals surface area contributed by atoms with E-state index in [1.54, 1.807) is 25.3 Å². The average Bonchev–Trinajstić information content (AvgIpc) is 3.30. The minimum atomic E-state index is -1.05. The summed E-state index contributed by atoms with van der Waals surface area (Å²) in [5.74, 6) is -0.944. The van der Waals surface area contributed by atoms with E-state index in [9.17, 15) is 14.4 Å². The van der Waals surface area contributed by atoms with Crippen LogP contribution in [0.1, 0.15) is 64.8 Å². The van der Waals surface area contributed by atoms with E-state index in [4.69, 9.17) is 14.6 Å². The van der Waals surface area contributed by atoms with Gasteiger partial charge in [0.1, 0.15) is 5.75 Å². The van der Waals surface area contributed by atoms with Crippen LogP contribution in [0.5, 0.6) is 5.75 Å². The van der Waals surface area contributed by atoms with Crippen molar-refractivity contribution < 1.29 is 29.0 Å². The number of benzene rings is 1. The maximum Gasteiger partial charge on any atom is 0.338 e. The molecule has 1 aliphatic rings. The Morgan fingerprint density at radius 1 is 1.16 bits per heavy atom. The second-order valence-electron chi connectivity index (χ2n) is 7.88. The third-order valence-corrected chi connectivity index (χ3v) is 5.81. The number of amides is 1. The zero-order valence-electron chi connectivity index (χ0n) is 18.5. The van der Waals surface area contributed by atoms with Gasteiger partial charge in [-0.05, 0) is 31.0 Å². The first-order valence-electron chi connectivity index (χ1n) is 10.7. The number of ether oxygens (including phenoxy) is 2. The molecule has 0 bridgehead atoms. The van der Waals surface area contributed by atoms with Crippen LogP contribution in [0.2, 0.25) is 0 Å². The van der Waals surface area contributed by atoms with Crippen LogP contribution in [0, 0.1) is 0 Å². The molecular formula is C23H29N3O6. The van der Waals surface area contributed by atoms with Crippen molar-refractivity contribution in [3.05, 3.63) is 47.3 Å². The molecule has 3 rings (SSSR count). The standard InChI is InChI=1S/C23H29N3O6/c1-31-20-9-8-16(23(30)32-2)12-17(20)15-26(19-6-4-3-5-7-19)21(27)10-11-25-14-18(13-24-25)22(28)29/h8-9,12-14,19H,3-7,10-11,15H2,1-2H3,(H,28,29). The first-order chi connectivity index (χ1) is 15.4. The van der Waals surface area contributed by atoms with E-state index in [2.05, 4.69) is 5.10 Å². The van der Waals surface area contributed by atoms with Crippen molar-refractivity contribution in [2.45, 2.75) is 57.7 Å². The topological polar surface area (TPSA) is 111 Å². The summed E-state index contributed by atoms with van der Waals surface area (Å²) in [6.45, 7) is 0.603. The molecule has 1 saturated carbocycles. The highest BCUT2D eigenvalue weighted by Crippen LogP contribution is 2.28. The van der Waals surface area contributed by atoms with Gasteiger partial charge in [0.2, 0.25) is 5.91 Å². The van der Waals surface area contributed by atoms with Gasteiger partial charge in [-0.3, -0.25) is 9.48 Å². The normalized spacial score (nSPS) is 14.1. The number of carbonyl (C=O) groups is 3. The smallest absolute Gasteiger partial charge is 0.338 e. The molecule has 0 atom stereocenters. The SMILES string of the molecule is COC(=O)c1ccc(OC)c(CN(C(=O)CCn2cc(C(=O)O)cn2)C2CCCCC2)c1. The Kier molecular flexibility index (Phi) is 7.86. The molecule has 9 heteroatoms. The lowest BCUT2D eigenvalue weighted by atomic mass is 9.93. The highest BCUT2D eigenvalue weighted by molar-refractivity contribution is 5.90. The number of carboxylic acids is 1. The molecule has 9 nitrogen and oxygen atoms in total. The summed E-state index contributed by atoms with van der Waals surface area (Å²) in [6.07, 6.45) is 8.02. The van der Waals surface area contributed by atoms with Crippen molar-refractivity contribution in [1.82, 2.24) is 14.7 Å². The van der Waals surface area contributed by atoms with E-state index in [0.29, 0.717) is 17.9 Å². The largest absolute Gasteiger partial charge is 0.496 e. The molecule has 172 valence electrons. The van der Waals surface area contributed by atoms with Crippen LogP contribution in [0.25, 0.3) is 0 Å². The average molecular weight is 444 g/mol. The number of hydrogen-bond donors (Lipinski definition) is 1. The first-order valence-corrected chi connectivity index (χ1v) is 10.7. The van der Waals surface area contributed by atoms with Gasteiger partial charge in [0.25, 0.3) is 0 Å². The van der Waals surface area contributed by atoms with Crippen LogP contribution < -0.4 is 4.74 Å². The van der Waals surface area contributed by atoms with Crippen molar-refractivity contribution in [3.63, 3.8) is 0 Å². The third kappa shape index (κ3) is 5.66. The molecule has 0 radical (unpaired) electrons. The number of aryl methyl sites for hydroxylation is 1. The van der Waals surface area contributed by atoms with Gasteiger partial charge in [-0.1, -0.05) is 19.3 Å². The Bertz CT molecular complexity index is 964. The molecule has 1 N–H and O–H groups in total. The number of carbonyl (C=O) groups excluding carboxylic acids is 2. The number of hydrogen-bond acceptors (Lipinski definition) is 6. The van der Waals surface area contributed by atoms with Gasteiger partial charge in [-0.25, -0.2) is 9.59 Å². The molecule has 32 heavy (non-hydrogen) atoms. The van der Waals surface area contributed by atoms with Crippen LogP contribution >= 0.6 is 0 Å². The summed E-state index contributed by atoms with van der Waals surface area (Å²) in [5, 5.41) is 13.1. The molecule has 1 amide bonds. The quantitative estimate of drug-likeness (QED) is 0.593. The molecule has 0 aliphatic heterocycles. The van der Waals surface area contributed by atoms with Gasteiger partial charge < -0.3 is 19.5 Å². The number of carboxylic acid groups (broad SMARTS) is 1. The number of nitrogens with zero attached hydrogens (tertiary/aromatic N) is 3. The summed E-state index contributed by atoms with van der Waals surface area (Å²) in [6, 6.07) is 5.16. The van der Waals surface area contributed by atoms with E-state index in [1.165, 1.54) is 24.2 Å². The molecule has 0 unspecified atom stereocenters. The summed E-state index contributed by atoms with van der Waals surface area (Å²) in [7, 11) is 2.89. The zero-order chi connectivity index (χ0) is 23.1. The van der Waals surface area contributed by atoms with E-state index < -0.39 is 11.9 Å². The van der Waals surface area contributed by atoms with Gasteiger partial charge >= 0.3 is 11.9 Å². The number of aromatic carboxylic acids is 1. The Labute approximate surface area is 186 Å². The van der Waals surface area contributed by atoms with Crippen molar-refractivity contribution in [1.29, 1.82) is 0 Å². The lowest BCUT2D eigenvalue weighted by Crippen LogP contribution is -2.41. The fourth-order valence-electron chi connectivity index (χ4n) is 4.09. The van der Waals surface area contributed by atoms with Gasteiger partial charge in [0.05, 0.1) is 31.5 Å². The maximum absolute atomic E-state index is 13.3. The van der Waals surface area contributed by atoms with E-state index >= 15 is 0 Å². The molecule has 1 heterocycles. The molecule has 2 aromatic rings. The lowest BCUT2D eigenvalue weighted by molar-refractivity contribution is -0.135. The molecule has 0 spiro atoms. The van der Waals surface area contributed by atoms with E-state index in [-0.39, 0.29) is 30.5 Å². The van der Waals surface area contributed by atoms with Crippen molar-refractivity contribution in [2.24, 2.45) is 0 Å². The molecular weight excluding hydrogens is 414 g/mol. The minimum Gasteiger partial charge on any atom is -0.496 e. The van der Waals surface area contributed by atoms with Crippen LogP contribution in [-0.4, -0.2) is 57.9 Å². The highest BCUT2D eigenvalue weighted by atomic mass is 16.5. The number of methoxy groups -OCH3 is 2. The zero-order valence-corrected chi connectivity index (χ0v) is 18.5. The Morgan fingerprint density at radius 3 is 2.53 bits per heavy atom. The second-order valence-corrected chi connectivity index (χ2v) is 7.88. The molecule has 1 fully saturated rings. The third-order valence-electron chi connectivity index (χ3n) is 5.81. The molecule has 1 aromatic carbocycles. The Hall–Kier alpha value is -3.36. The number of aromatic nitrogens is 2. The van der Waals surface area contributed by atoms with Gasteiger partial charge in [0.15, 0.2) is 0 Å². The van der Waals surface area contributed by atoms with Gasteiger partial charge in [-0.15, -0.1) is 0 Å². The summed E-state index contributed by atoms with van der Waals surface area (Å²) >= 11 is 0. The monoisotopic (exact) mass is 443 g/mol. The minimum absolute atomic E-state index is 0.0465. The second kappa shape index (κ2) is 10.8. The van der Waals surface area contributed by atoms with Crippen LogP contribution in [0.15, 0.2) is 30.6 Å². The predicted octanol–water partition coefficient (Wildman–Crippen LogP) is 3.13. The number of rotatable bonds is 9. The maximum atomic E-state index is 13.3. The fraction of sp³-hybridized carbons (Fsp3) is 0.478. The fourth-order valence-corrected chi connectivity index (χ4v) is 4.09. The molecule has 0 saturated heterocycles. The lowest BCUT2D eigenvalue weighted by Gasteiger charge is -2.35. The van der Waals surface area contributed by atoms with Crippen molar-refractivity contribution in [2.75, 3.05) is 14.2 Å². The first kappa shape index (κ1) is 23.3. The Morgan fingerprint density at radius 2 is 1.91 bits per heavy atom. The van der Waals surface area contributed by atoms with Crippen molar-refractivity contribution in [3.8, 4) is 5.75 Å². The summed E-state index contributed by atoms with van der Waals surface area (Å²) in [5.41, 5.74) is 1.23. The highest BCUT2D eigenvalue weighted by Gasteiger charge is 2.27. The van der Waals surface area contributed by atoms with Crippen molar-refractivity contribution >= 4 is 17.8 Å². The van der Waals surface area contributed by atoms with Gasteiger partial charge in [0, 0.05) is 37.3 Å². The number of esters is 1. The van der Waals surface area contributed by atoms with Gasteiger partial charge in [-0.2, -0.15) is 5.10 Å². The van der Waals surface area contributed by atoms with E-state index in [1.807, 2.05) is 4.90 Å². The van der Waals surface area contributed by atoms with Crippen LogP contribution in [0.3, 0.4) is 0 Å².